The SMILES string of the molecule is OCCOCCNc1nc(Cl)cc2cc(F)c(F)cc12. The van der Waals surface area contributed by atoms with Crippen LogP contribution in [0.3, 0.4) is 0 Å². The van der Waals surface area contributed by atoms with Crippen LogP contribution in [-0.2, 0) is 4.74 Å². The van der Waals surface area contributed by atoms with Gasteiger partial charge < -0.3 is 15.2 Å². The number of benzene rings is 1. The monoisotopic (exact) mass is 302 g/mol. The van der Waals surface area contributed by atoms with E-state index in [0.29, 0.717) is 29.7 Å². The van der Waals surface area contributed by atoms with Gasteiger partial charge >= 0.3 is 0 Å². The lowest BCUT2D eigenvalue weighted by molar-refractivity contribution is 0.0992. The summed E-state index contributed by atoms with van der Waals surface area (Å²) in [5.74, 6) is -1.52. The van der Waals surface area contributed by atoms with Gasteiger partial charge in [0.25, 0.3) is 0 Å². The van der Waals surface area contributed by atoms with Gasteiger partial charge in [-0.3, -0.25) is 0 Å². The zero-order chi connectivity index (χ0) is 14.5. The topological polar surface area (TPSA) is 54.4 Å². The van der Waals surface area contributed by atoms with Crippen molar-refractivity contribution in [2.75, 3.05) is 31.7 Å². The number of aliphatic hydroxyl groups is 1. The smallest absolute Gasteiger partial charge is 0.159 e. The van der Waals surface area contributed by atoms with Crippen LogP contribution in [-0.4, -0.2) is 36.5 Å². The molecule has 20 heavy (non-hydrogen) atoms. The second-order valence-electron chi connectivity index (χ2n) is 4.04. The number of nitrogens with one attached hydrogen (secondary N) is 1. The fourth-order valence-corrected chi connectivity index (χ4v) is 1.96. The number of aromatic nitrogens is 1. The molecule has 0 saturated heterocycles. The van der Waals surface area contributed by atoms with Crippen molar-refractivity contribution in [3.8, 4) is 0 Å². The number of rotatable bonds is 6. The number of pyridine rings is 1. The van der Waals surface area contributed by atoms with Crippen LogP contribution in [0.15, 0.2) is 18.2 Å². The van der Waals surface area contributed by atoms with Crippen LogP contribution in [0.25, 0.3) is 10.8 Å². The Kier molecular flexibility index (Phi) is 5.05. The van der Waals surface area contributed by atoms with Crippen molar-refractivity contribution < 1.29 is 18.6 Å². The molecule has 0 aliphatic carbocycles. The Labute approximate surface area is 119 Å². The quantitative estimate of drug-likeness (QED) is 0.636. The van der Waals surface area contributed by atoms with Crippen LogP contribution in [0, 0.1) is 11.6 Å². The van der Waals surface area contributed by atoms with E-state index in [0.717, 1.165) is 12.1 Å². The maximum atomic E-state index is 13.3. The number of hydrogen-bond acceptors (Lipinski definition) is 4. The Morgan fingerprint density at radius 1 is 1.20 bits per heavy atom. The van der Waals surface area contributed by atoms with Gasteiger partial charge in [0, 0.05) is 11.9 Å². The van der Waals surface area contributed by atoms with Gasteiger partial charge in [-0.1, -0.05) is 11.6 Å². The number of ether oxygens (including phenoxy) is 1. The van der Waals surface area contributed by atoms with E-state index in [2.05, 4.69) is 10.3 Å². The average molecular weight is 303 g/mol. The molecule has 4 nitrogen and oxygen atoms in total. The first-order valence-electron chi connectivity index (χ1n) is 5.99. The molecule has 1 aromatic carbocycles. The minimum Gasteiger partial charge on any atom is -0.394 e. The zero-order valence-corrected chi connectivity index (χ0v) is 11.3. The third-order valence-electron chi connectivity index (χ3n) is 2.62. The summed E-state index contributed by atoms with van der Waals surface area (Å²) in [5, 5.41) is 12.6. The molecule has 0 fully saturated rings. The van der Waals surface area contributed by atoms with Gasteiger partial charge in [0.2, 0.25) is 0 Å². The van der Waals surface area contributed by atoms with Crippen LogP contribution in [0.1, 0.15) is 0 Å². The van der Waals surface area contributed by atoms with E-state index in [1.807, 2.05) is 0 Å². The van der Waals surface area contributed by atoms with Crippen LogP contribution in [0.2, 0.25) is 5.15 Å². The molecule has 0 saturated carbocycles. The highest BCUT2D eigenvalue weighted by Gasteiger charge is 2.10. The first kappa shape index (κ1) is 14.9. The average Bonchev–Trinajstić information content (AvgIpc) is 2.40. The molecule has 7 heteroatoms. The number of fused-ring (bicyclic) bond motifs is 1. The molecule has 1 heterocycles. The molecular weight excluding hydrogens is 290 g/mol. The van der Waals surface area contributed by atoms with Crippen molar-refractivity contribution in [3.63, 3.8) is 0 Å². The normalized spacial score (nSPS) is 11.0. The van der Waals surface area contributed by atoms with Crippen LogP contribution in [0.5, 0.6) is 0 Å². The number of halogens is 3. The number of anilines is 1. The van der Waals surface area contributed by atoms with Crippen molar-refractivity contribution >= 4 is 28.2 Å². The molecule has 0 amide bonds. The van der Waals surface area contributed by atoms with E-state index < -0.39 is 11.6 Å². The Hall–Kier alpha value is -1.50. The van der Waals surface area contributed by atoms with E-state index >= 15 is 0 Å². The summed E-state index contributed by atoms with van der Waals surface area (Å²) >= 11 is 5.85. The van der Waals surface area contributed by atoms with Gasteiger partial charge in [-0.2, -0.15) is 0 Å². The molecule has 2 aromatic rings. The molecule has 0 unspecified atom stereocenters. The van der Waals surface area contributed by atoms with Crippen molar-refractivity contribution in [2.24, 2.45) is 0 Å². The highest BCUT2D eigenvalue weighted by molar-refractivity contribution is 6.30. The van der Waals surface area contributed by atoms with Gasteiger partial charge in [0.1, 0.15) is 11.0 Å². The molecule has 0 spiro atoms. The van der Waals surface area contributed by atoms with E-state index in [4.69, 9.17) is 21.4 Å². The molecule has 108 valence electrons. The molecule has 0 aliphatic rings. The Morgan fingerprint density at radius 2 is 1.95 bits per heavy atom. The van der Waals surface area contributed by atoms with Crippen molar-refractivity contribution in [1.82, 2.24) is 4.98 Å². The maximum Gasteiger partial charge on any atom is 0.159 e. The predicted octanol–water partition coefficient (Wildman–Crippen LogP) is 2.59. The number of aliphatic hydroxyl groups excluding tert-OH is 1. The first-order valence-corrected chi connectivity index (χ1v) is 6.37. The molecular formula is C13H13ClF2N2O2. The van der Waals surface area contributed by atoms with Gasteiger partial charge in [0.05, 0.1) is 19.8 Å². The largest absolute Gasteiger partial charge is 0.394 e. The minimum absolute atomic E-state index is 0.0527. The van der Waals surface area contributed by atoms with Gasteiger partial charge in [0.15, 0.2) is 11.6 Å². The molecule has 0 bridgehead atoms. The highest BCUT2D eigenvalue weighted by Crippen LogP contribution is 2.26. The molecule has 2 N–H and O–H groups in total. The minimum atomic E-state index is -0.943. The summed E-state index contributed by atoms with van der Waals surface area (Å²) in [4.78, 5) is 4.05. The fraction of sp³-hybridized carbons (Fsp3) is 0.308. The van der Waals surface area contributed by atoms with Crippen molar-refractivity contribution in [1.29, 1.82) is 0 Å². The summed E-state index contributed by atoms with van der Waals surface area (Å²) in [6.07, 6.45) is 0. The van der Waals surface area contributed by atoms with E-state index in [-0.39, 0.29) is 18.4 Å². The van der Waals surface area contributed by atoms with Crippen LogP contribution >= 0.6 is 11.6 Å². The van der Waals surface area contributed by atoms with Crippen LogP contribution < -0.4 is 5.32 Å². The Bertz CT molecular complexity index is 610. The molecule has 0 atom stereocenters. The molecule has 1 aromatic heterocycles. The lowest BCUT2D eigenvalue weighted by Gasteiger charge is -2.10. The van der Waals surface area contributed by atoms with E-state index in [9.17, 15) is 8.78 Å². The van der Waals surface area contributed by atoms with Gasteiger partial charge in [-0.05, 0) is 23.6 Å². The third-order valence-corrected chi connectivity index (χ3v) is 2.81. The van der Waals surface area contributed by atoms with Gasteiger partial charge in [-0.15, -0.1) is 0 Å². The molecule has 0 radical (unpaired) electrons. The summed E-state index contributed by atoms with van der Waals surface area (Å²) < 4.78 is 31.6. The summed E-state index contributed by atoms with van der Waals surface area (Å²) in [7, 11) is 0. The predicted molar refractivity (Wildman–Crippen MR) is 73.1 cm³/mol. The zero-order valence-electron chi connectivity index (χ0n) is 10.5. The Morgan fingerprint density at radius 3 is 2.70 bits per heavy atom. The third kappa shape index (κ3) is 3.53. The lowest BCUT2D eigenvalue weighted by Crippen LogP contribution is -2.12. The summed E-state index contributed by atoms with van der Waals surface area (Å²) in [5.41, 5.74) is 0. The summed E-state index contributed by atoms with van der Waals surface area (Å²) in [6, 6.07) is 3.61. The van der Waals surface area contributed by atoms with Crippen LogP contribution in [0.4, 0.5) is 14.6 Å². The van der Waals surface area contributed by atoms with Gasteiger partial charge in [-0.25, -0.2) is 13.8 Å². The molecule has 0 aliphatic heterocycles. The second kappa shape index (κ2) is 6.78. The molecule has 2 rings (SSSR count). The van der Waals surface area contributed by atoms with Crippen molar-refractivity contribution in [3.05, 3.63) is 35.0 Å². The first-order chi connectivity index (χ1) is 9.61. The fourth-order valence-electron chi connectivity index (χ4n) is 1.76. The van der Waals surface area contributed by atoms with Crippen molar-refractivity contribution in [2.45, 2.75) is 0 Å². The Balaban J connectivity index is 2.21. The number of nitrogens with zero attached hydrogens (tertiary/aromatic N) is 1. The number of hydrogen-bond donors (Lipinski definition) is 2. The van der Waals surface area contributed by atoms with E-state index in [1.165, 1.54) is 6.07 Å². The maximum absolute atomic E-state index is 13.3. The van der Waals surface area contributed by atoms with E-state index in [1.54, 1.807) is 0 Å². The lowest BCUT2D eigenvalue weighted by atomic mass is 10.1. The highest BCUT2D eigenvalue weighted by atomic mass is 35.5. The second-order valence-corrected chi connectivity index (χ2v) is 4.43. The summed E-state index contributed by atoms with van der Waals surface area (Å²) in [6.45, 7) is 0.940. The standard InChI is InChI=1S/C13H13ClF2N2O2/c14-12-6-8-5-10(15)11(16)7-9(8)13(18-12)17-1-3-20-4-2-19/h5-7,19H,1-4H2,(H,17,18).